The summed E-state index contributed by atoms with van der Waals surface area (Å²) >= 11 is 6.43. The van der Waals surface area contributed by atoms with Crippen LogP contribution in [0, 0.1) is 11.7 Å². The van der Waals surface area contributed by atoms with Crippen LogP contribution in [0.2, 0.25) is 5.02 Å². The van der Waals surface area contributed by atoms with E-state index in [9.17, 15) is 13.9 Å². The van der Waals surface area contributed by atoms with E-state index < -0.39 is 11.7 Å². The first-order valence-corrected chi connectivity index (χ1v) is 14.6. The van der Waals surface area contributed by atoms with Crippen molar-refractivity contribution >= 4 is 39.1 Å². The Bertz CT molecular complexity index is 1570. The number of hydrogen-bond donors (Lipinski definition) is 3. The van der Waals surface area contributed by atoms with Gasteiger partial charge in [-0.2, -0.15) is 9.97 Å². The van der Waals surface area contributed by atoms with Crippen LogP contribution in [-0.2, 0) is 0 Å². The van der Waals surface area contributed by atoms with E-state index >= 15 is 4.39 Å². The molecule has 2 heterocycles. The number of anilines is 1. The zero-order chi connectivity index (χ0) is 31.3. The number of alkyl halides is 2. The van der Waals surface area contributed by atoms with Gasteiger partial charge in [0.25, 0.3) is 5.92 Å². The maximum atomic E-state index is 15.8. The normalized spacial score (nSPS) is 16.2. The molecular weight excluding hydrogens is 581 g/mol. The van der Waals surface area contributed by atoms with E-state index in [1.807, 2.05) is 14.1 Å². The number of halogens is 4. The molecule has 0 bridgehead atoms. The summed E-state index contributed by atoms with van der Waals surface area (Å²) in [7, 11) is 5.06. The van der Waals surface area contributed by atoms with Gasteiger partial charge in [0.05, 0.1) is 12.5 Å². The van der Waals surface area contributed by atoms with Crippen molar-refractivity contribution in [2.75, 3.05) is 46.2 Å². The fourth-order valence-electron chi connectivity index (χ4n) is 4.95. The molecule has 4 aromatic rings. The molecule has 1 fully saturated rings. The average molecular weight is 619 g/mol. The molecule has 43 heavy (non-hydrogen) atoms. The monoisotopic (exact) mass is 618 g/mol. The van der Waals surface area contributed by atoms with Gasteiger partial charge in [-0.15, -0.1) is 0 Å². The molecule has 3 N–H and O–H groups in total. The van der Waals surface area contributed by atoms with Crippen molar-refractivity contribution in [2.45, 2.75) is 45.1 Å². The Morgan fingerprint density at radius 3 is 2.58 bits per heavy atom. The van der Waals surface area contributed by atoms with E-state index in [1.165, 1.54) is 19.4 Å². The predicted octanol–water partition coefficient (Wildman–Crippen LogP) is 6.75. The van der Waals surface area contributed by atoms with E-state index in [0.29, 0.717) is 51.7 Å². The molecule has 2 aromatic heterocycles. The SMILES string of the molecule is CCCC(C)NCCNc1nc(OC)nc2c(F)c(-c3cc(O)cc4cccc(Cl)c34)ncc12.CN(C)CC1CC1(F)F. The molecule has 12 heteroatoms. The van der Waals surface area contributed by atoms with E-state index in [2.05, 4.69) is 39.4 Å². The van der Waals surface area contributed by atoms with Crippen LogP contribution in [0.25, 0.3) is 32.9 Å². The van der Waals surface area contributed by atoms with Crippen molar-refractivity contribution in [1.29, 1.82) is 0 Å². The van der Waals surface area contributed by atoms with Crippen molar-refractivity contribution < 1.29 is 23.0 Å². The van der Waals surface area contributed by atoms with E-state index in [-0.39, 0.29) is 35.3 Å². The molecular formula is C31H38ClF3N6O2. The molecule has 1 aliphatic rings. The van der Waals surface area contributed by atoms with E-state index in [4.69, 9.17) is 16.3 Å². The third-order valence-electron chi connectivity index (χ3n) is 7.19. The lowest BCUT2D eigenvalue weighted by Crippen LogP contribution is -2.30. The van der Waals surface area contributed by atoms with Gasteiger partial charge in [-0.3, -0.25) is 4.98 Å². The van der Waals surface area contributed by atoms with Crippen LogP contribution in [0.4, 0.5) is 19.0 Å². The third-order valence-corrected chi connectivity index (χ3v) is 7.50. The van der Waals surface area contributed by atoms with Gasteiger partial charge in [-0.25, -0.2) is 13.2 Å². The number of pyridine rings is 1. The maximum Gasteiger partial charge on any atom is 0.318 e. The smallest absolute Gasteiger partial charge is 0.318 e. The lowest BCUT2D eigenvalue weighted by Gasteiger charge is -2.15. The number of aromatic hydroxyl groups is 1. The lowest BCUT2D eigenvalue weighted by molar-refractivity contribution is 0.0923. The summed E-state index contributed by atoms with van der Waals surface area (Å²) in [6, 6.07) is 8.76. The second-order valence-electron chi connectivity index (χ2n) is 11.1. The van der Waals surface area contributed by atoms with Crippen LogP contribution in [0.15, 0.2) is 36.5 Å². The Labute approximate surface area is 254 Å². The van der Waals surface area contributed by atoms with Gasteiger partial charge in [-0.05, 0) is 51.0 Å². The summed E-state index contributed by atoms with van der Waals surface area (Å²) in [5.74, 6) is -2.94. The van der Waals surface area contributed by atoms with Crippen molar-refractivity contribution in [1.82, 2.24) is 25.2 Å². The molecule has 0 aliphatic heterocycles. The Kier molecular flexibility index (Phi) is 10.5. The summed E-state index contributed by atoms with van der Waals surface area (Å²) in [5, 5.41) is 19.0. The van der Waals surface area contributed by atoms with Gasteiger partial charge < -0.3 is 25.4 Å². The molecule has 1 saturated carbocycles. The molecule has 2 unspecified atom stereocenters. The average Bonchev–Trinajstić information content (AvgIpc) is 3.55. The van der Waals surface area contributed by atoms with Crippen LogP contribution < -0.4 is 15.4 Å². The van der Waals surface area contributed by atoms with Gasteiger partial charge in [0.1, 0.15) is 22.8 Å². The van der Waals surface area contributed by atoms with Gasteiger partial charge in [0, 0.05) is 60.2 Å². The molecule has 232 valence electrons. The van der Waals surface area contributed by atoms with Crippen LogP contribution in [-0.4, -0.2) is 77.8 Å². The number of fused-ring (bicyclic) bond motifs is 2. The second kappa shape index (κ2) is 13.9. The zero-order valence-electron chi connectivity index (χ0n) is 25.0. The molecule has 0 spiro atoms. The first-order chi connectivity index (χ1) is 20.4. The van der Waals surface area contributed by atoms with Crippen LogP contribution in [0.3, 0.4) is 0 Å². The Morgan fingerprint density at radius 2 is 1.95 bits per heavy atom. The molecule has 0 radical (unpaired) electrons. The summed E-state index contributed by atoms with van der Waals surface area (Å²) in [6.07, 6.45) is 3.82. The predicted molar refractivity (Wildman–Crippen MR) is 166 cm³/mol. The van der Waals surface area contributed by atoms with Crippen molar-refractivity contribution in [3.8, 4) is 23.0 Å². The summed E-state index contributed by atoms with van der Waals surface area (Å²) < 4.78 is 45.3. The first kappa shape index (κ1) is 32.5. The molecule has 5 rings (SSSR count). The number of methoxy groups -OCH3 is 1. The maximum absolute atomic E-state index is 15.8. The minimum Gasteiger partial charge on any atom is -0.508 e. The number of nitrogens with one attached hydrogen (secondary N) is 2. The number of rotatable bonds is 11. The second-order valence-corrected chi connectivity index (χ2v) is 11.5. The minimum absolute atomic E-state index is 0.0153. The van der Waals surface area contributed by atoms with Gasteiger partial charge in [0.2, 0.25) is 0 Å². The number of phenolic OH excluding ortho intramolecular Hbond substituents is 1. The third kappa shape index (κ3) is 7.95. The van der Waals surface area contributed by atoms with Crippen LogP contribution in [0.5, 0.6) is 11.8 Å². The molecule has 2 aromatic carbocycles. The number of aromatic nitrogens is 3. The fraction of sp³-hybridized carbons (Fsp3) is 0.452. The first-order valence-electron chi connectivity index (χ1n) is 14.3. The van der Waals surface area contributed by atoms with Gasteiger partial charge >= 0.3 is 6.01 Å². The number of phenols is 1. The van der Waals surface area contributed by atoms with Crippen molar-refractivity contribution in [3.63, 3.8) is 0 Å². The van der Waals surface area contributed by atoms with Crippen LogP contribution >= 0.6 is 11.6 Å². The molecule has 0 saturated heterocycles. The molecule has 2 atom stereocenters. The van der Waals surface area contributed by atoms with Crippen molar-refractivity contribution in [3.05, 3.63) is 47.4 Å². The Hall–Kier alpha value is -3.41. The van der Waals surface area contributed by atoms with Crippen molar-refractivity contribution in [2.24, 2.45) is 5.92 Å². The number of benzene rings is 2. The quantitative estimate of drug-likeness (QED) is 0.159. The number of ether oxygens (including phenoxy) is 1. The Balaban J connectivity index is 0.000000403. The van der Waals surface area contributed by atoms with Gasteiger partial charge in [0.15, 0.2) is 5.82 Å². The standard InChI is InChI=1S/C25H27ClFN5O2.C6H11F2N/c1-4-6-14(2)28-9-10-29-24-18-13-30-22(21(27)23(18)31-25(32-24)34-3)17-12-16(33)11-15-7-5-8-19(26)20(15)17;1-9(2)4-5-3-6(5,7)8/h5,7-8,11-14,28,33H,4,6,9-10H2,1-3H3,(H,29,31,32);5H,3-4H2,1-2H3. The molecule has 8 nitrogen and oxygen atoms in total. The summed E-state index contributed by atoms with van der Waals surface area (Å²) in [6.45, 7) is 6.12. The highest BCUT2D eigenvalue weighted by molar-refractivity contribution is 6.36. The van der Waals surface area contributed by atoms with E-state index in [0.717, 1.165) is 19.4 Å². The lowest BCUT2D eigenvalue weighted by atomic mass is 10.00. The fourth-order valence-corrected chi connectivity index (χ4v) is 5.23. The highest BCUT2D eigenvalue weighted by Crippen LogP contribution is 2.48. The summed E-state index contributed by atoms with van der Waals surface area (Å²) in [4.78, 5) is 14.8. The minimum atomic E-state index is -2.34. The highest BCUT2D eigenvalue weighted by Gasteiger charge is 2.56. The topological polar surface area (TPSA) is 95.4 Å². The molecule has 1 aliphatic carbocycles. The summed E-state index contributed by atoms with van der Waals surface area (Å²) in [5.41, 5.74) is 0.472. The number of hydrogen-bond acceptors (Lipinski definition) is 8. The van der Waals surface area contributed by atoms with Gasteiger partial charge in [-0.1, -0.05) is 37.1 Å². The molecule has 0 amide bonds. The van der Waals surface area contributed by atoms with Crippen LogP contribution in [0.1, 0.15) is 33.1 Å². The largest absolute Gasteiger partial charge is 0.508 e. The number of nitrogens with zero attached hydrogens (tertiary/aromatic N) is 4. The highest BCUT2D eigenvalue weighted by atomic mass is 35.5. The zero-order valence-corrected chi connectivity index (χ0v) is 25.8. The van der Waals surface area contributed by atoms with E-state index in [1.54, 1.807) is 29.2 Å². The Morgan fingerprint density at radius 1 is 1.21 bits per heavy atom.